The first-order valence-corrected chi connectivity index (χ1v) is 6.72. The summed E-state index contributed by atoms with van der Waals surface area (Å²) in [7, 11) is 1.93. The highest BCUT2D eigenvalue weighted by molar-refractivity contribution is 5.80. The number of hydrogen-bond donors (Lipinski definition) is 0. The third kappa shape index (κ3) is 3.18. The van der Waals surface area contributed by atoms with Crippen molar-refractivity contribution in [2.45, 2.75) is 51.9 Å². The molecule has 3 heteroatoms. The molecule has 0 bridgehead atoms. The Kier molecular flexibility index (Phi) is 3.97. The van der Waals surface area contributed by atoms with Crippen molar-refractivity contribution >= 4 is 5.78 Å². The zero-order chi connectivity index (χ0) is 12.3. The molecule has 0 unspecified atom stereocenters. The summed E-state index contributed by atoms with van der Waals surface area (Å²) in [5, 5.41) is 4.38. The van der Waals surface area contributed by atoms with Gasteiger partial charge in [-0.1, -0.05) is 32.6 Å². The molecule has 0 N–H and O–H groups in total. The maximum atomic E-state index is 12.0. The molecule has 1 saturated carbocycles. The van der Waals surface area contributed by atoms with Crippen molar-refractivity contribution in [1.29, 1.82) is 0 Å². The summed E-state index contributed by atoms with van der Waals surface area (Å²) in [4.78, 5) is 12.0. The van der Waals surface area contributed by atoms with Crippen LogP contribution in [0.2, 0.25) is 0 Å². The van der Waals surface area contributed by atoms with Gasteiger partial charge < -0.3 is 0 Å². The number of aromatic nitrogens is 2. The summed E-state index contributed by atoms with van der Waals surface area (Å²) in [6.07, 6.45) is 7.37. The topological polar surface area (TPSA) is 34.9 Å². The Morgan fingerprint density at radius 1 is 1.47 bits per heavy atom. The van der Waals surface area contributed by atoms with Crippen LogP contribution in [0.3, 0.4) is 0 Å². The van der Waals surface area contributed by atoms with E-state index in [0.717, 1.165) is 24.2 Å². The Morgan fingerprint density at radius 3 is 2.76 bits per heavy atom. The molecule has 0 radical (unpaired) electrons. The second kappa shape index (κ2) is 5.48. The molecule has 1 heterocycles. The SMILES string of the molecule is CCc1cc(CC(=O)CC2CCCC2)n(C)n1. The van der Waals surface area contributed by atoms with Crippen molar-refractivity contribution in [3.05, 3.63) is 17.5 Å². The van der Waals surface area contributed by atoms with E-state index in [4.69, 9.17) is 0 Å². The predicted octanol–water partition coefficient (Wildman–Crippen LogP) is 2.67. The minimum Gasteiger partial charge on any atom is -0.299 e. The van der Waals surface area contributed by atoms with E-state index in [0.29, 0.717) is 18.1 Å². The molecule has 1 fully saturated rings. The summed E-state index contributed by atoms with van der Waals surface area (Å²) in [6.45, 7) is 2.09. The fourth-order valence-electron chi connectivity index (χ4n) is 2.72. The van der Waals surface area contributed by atoms with Crippen LogP contribution < -0.4 is 0 Å². The van der Waals surface area contributed by atoms with Crippen LogP contribution in [0.1, 0.15) is 50.4 Å². The number of carbonyl (C=O) groups is 1. The van der Waals surface area contributed by atoms with Crippen LogP contribution in [0.15, 0.2) is 6.07 Å². The summed E-state index contributed by atoms with van der Waals surface area (Å²) in [5.74, 6) is 1.03. The van der Waals surface area contributed by atoms with E-state index in [2.05, 4.69) is 18.1 Å². The van der Waals surface area contributed by atoms with Crippen LogP contribution in [-0.4, -0.2) is 15.6 Å². The zero-order valence-corrected chi connectivity index (χ0v) is 10.9. The lowest BCUT2D eigenvalue weighted by Gasteiger charge is -2.07. The minimum absolute atomic E-state index is 0.377. The van der Waals surface area contributed by atoms with E-state index in [1.165, 1.54) is 25.7 Å². The van der Waals surface area contributed by atoms with E-state index in [1.807, 2.05) is 11.7 Å². The molecule has 0 aliphatic heterocycles. The first-order chi connectivity index (χ1) is 8.19. The van der Waals surface area contributed by atoms with Gasteiger partial charge in [0.25, 0.3) is 0 Å². The van der Waals surface area contributed by atoms with E-state index in [1.54, 1.807) is 0 Å². The van der Waals surface area contributed by atoms with E-state index < -0.39 is 0 Å². The van der Waals surface area contributed by atoms with Crippen LogP contribution >= 0.6 is 0 Å². The van der Waals surface area contributed by atoms with Crippen molar-refractivity contribution in [2.75, 3.05) is 0 Å². The molecule has 0 atom stereocenters. The highest BCUT2D eigenvalue weighted by atomic mass is 16.1. The molecule has 0 spiro atoms. The van der Waals surface area contributed by atoms with Crippen LogP contribution in [0, 0.1) is 5.92 Å². The van der Waals surface area contributed by atoms with E-state index in [-0.39, 0.29) is 0 Å². The number of carbonyl (C=O) groups excluding carboxylic acids is 1. The maximum Gasteiger partial charge on any atom is 0.139 e. The molecule has 1 aliphatic rings. The van der Waals surface area contributed by atoms with E-state index in [9.17, 15) is 4.79 Å². The summed E-state index contributed by atoms with van der Waals surface area (Å²) in [5.41, 5.74) is 2.14. The number of Topliss-reactive ketones (excluding diaryl/α,β-unsaturated/α-hetero) is 1. The number of rotatable bonds is 5. The molecule has 17 heavy (non-hydrogen) atoms. The van der Waals surface area contributed by atoms with Gasteiger partial charge in [0, 0.05) is 25.6 Å². The number of nitrogens with zero attached hydrogens (tertiary/aromatic N) is 2. The lowest BCUT2D eigenvalue weighted by molar-refractivity contribution is -0.119. The third-order valence-electron chi connectivity index (χ3n) is 3.76. The molecule has 3 nitrogen and oxygen atoms in total. The Morgan fingerprint density at radius 2 is 2.18 bits per heavy atom. The molecule has 0 saturated heterocycles. The highest BCUT2D eigenvalue weighted by Gasteiger charge is 2.19. The number of hydrogen-bond acceptors (Lipinski definition) is 2. The molecule has 0 aromatic carbocycles. The van der Waals surface area contributed by atoms with Crippen LogP contribution in [0.5, 0.6) is 0 Å². The maximum absolute atomic E-state index is 12.0. The lowest BCUT2D eigenvalue weighted by atomic mass is 9.99. The van der Waals surface area contributed by atoms with Crippen molar-refractivity contribution in [2.24, 2.45) is 13.0 Å². The predicted molar refractivity (Wildman–Crippen MR) is 67.9 cm³/mol. The second-order valence-electron chi connectivity index (χ2n) is 5.17. The fourth-order valence-corrected chi connectivity index (χ4v) is 2.72. The van der Waals surface area contributed by atoms with Crippen molar-refractivity contribution in [3.8, 4) is 0 Å². The summed E-state index contributed by atoms with van der Waals surface area (Å²) in [6, 6.07) is 2.06. The van der Waals surface area contributed by atoms with Gasteiger partial charge in [-0.15, -0.1) is 0 Å². The molecule has 2 rings (SSSR count). The molecule has 1 aromatic heterocycles. The Labute approximate surface area is 103 Å². The Hall–Kier alpha value is -1.12. The van der Waals surface area contributed by atoms with Gasteiger partial charge in [0.15, 0.2) is 0 Å². The van der Waals surface area contributed by atoms with E-state index >= 15 is 0 Å². The van der Waals surface area contributed by atoms with Gasteiger partial charge >= 0.3 is 0 Å². The van der Waals surface area contributed by atoms with Gasteiger partial charge in [-0.25, -0.2) is 0 Å². The van der Waals surface area contributed by atoms with Gasteiger partial charge in [0.2, 0.25) is 0 Å². The molecule has 0 amide bonds. The molecule has 1 aliphatic carbocycles. The standard InChI is InChI=1S/C14H22N2O/c1-3-12-9-13(16(2)15-12)10-14(17)8-11-6-4-5-7-11/h9,11H,3-8,10H2,1-2H3. The summed E-state index contributed by atoms with van der Waals surface area (Å²) >= 11 is 0. The monoisotopic (exact) mass is 234 g/mol. The smallest absolute Gasteiger partial charge is 0.139 e. The molecule has 94 valence electrons. The Bertz CT molecular complexity index is 389. The van der Waals surface area contributed by atoms with Crippen LogP contribution in [-0.2, 0) is 24.7 Å². The highest BCUT2D eigenvalue weighted by Crippen LogP contribution is 2.28. The molecule has 1 aromatic rings. The average molecular weight is 234 g/mol. The van der Waals surface area contributed by atoms with Gasteiger partial charge in [-0.3, -0.25) is 9.48 Å². The van der Waals surface area contributed by atoms with Gasteiger partial charge in [-0.2, -0.15) is 5.10 Å². The second-order valence-corrected chi connectivity index (χ2v) is 5.17. The molecular formula is C14H22N2O. The lowest BCUT2D eigenvalue weighted by Crippen LogP contribution is -2.11. The largest absolute Gasteiger partial charge is 0.299 e. The van der Waals surface area contributed by atoms with Gasteiger partial charge in [0.1, 0.15) is 5.78 Å². The Balaban J connectivity index is 1.90. The molecular weight excluding hydrogens is 212 g/mol. The van der Waals surface area contributed by atoms with Crippen molar-refractivity contribution in [3.63, 3.8) is 0 Å². The van der Waals surface area contributed by atoms with Crippen molar-refractivity contribution in [1.82, 2.24) is 9.78 Å². The average Bonchev–Trinajstić information content (AvgIpc) is 2.89. The normalized spacial score (nSPS) is 16.6. The number of ketones is 1. The minimum atomic E-state index is 0.377. The summed E-state index contributed by atoms with van der Waals surface area (Å²) < 4.78 is 1.85. The number of aryl methyl sites for hydroxylation is 2. The fraction of sp³-hybridized carbons (Fsp3) is 0.714. The third-order valence-corrected chi connectivity index (χ3v) is 3.76. The first kappa shape index (κ1) is 12.3. The van der Waals surface area contributed by atoms with Gasteiger partial charge in [0.05, 0.1) is 5.69 Å². The van der Waals surface area contributed by atoms with Crippen molar-refractivity contribution < 1.29 is 4.79 Å². The first-order valence-electron chi connectivity index (χ1n) is 6.72. The zero-order valence-electron chi connectivity index (χ0n) is 10.9. The van der Waals surface area contributed by atoms with Crippen LogP contribution in [0.25, 0.3) is 0 Å². The van der Waals surface area contributed by atoms with Gasteiger partial charge in [-0.05, 0) is 18.4 Å². The quantitative estimate of drug-likeness (QED) is 0.785. The van der Waals surface area contributed by atoms with Crippen LogP contribution in [0.4, 0.5) is 0 Å².